The monoisotopic (exact) mass is 349 g/mol. The highest BCUT2D eigenvalue weighted by molar-refractivity contribution is 7.92. The molecule has 124 valence electrons. The number of halogens is 1. The van der Waals surface area contributed by atoms with Crippen LogP contribution in [-0.2, 0) is 19.6 Å². The maximum absolute atomic E-state index is 12.0. The van der Waals surface area contributed by atoms with E-state index in [0.717, 1.165) is 0 Å². The third-order valence-corrected chi connectivity index (χ3v) is 4.35. The molecule has 0 aliphatic carbocycles. The summed E-state index contributed by atoms with van der Waals surface area (Å²) in [5, 5.41) is 5.82. The number of benzene rings is 1. The van der Waals surface area contributed by atoms with Gasteiger partial charge in [-0.3, -0.25) is 9.52 Å². The van der Waals surface area contributed by atoms with Gasteiger partial charge in [0.15, 0.2) is 0 Å². The highest BCUT2D eigenvalue weighted by atomic mass is 35.5. The molecule has 1 atom stereocenters. The Morgan fingerprint density at radius 3 is 2.50 bits per heavy atom. The molecule has 1 aliphatic rings. The molecule has 0 spiro atoms. The number of nitrogens with one attached hydrogen (secondary N) is 3. The SMILES string of the molecule is CCS(=O)(=O)Nc1ccc(NC(=O)C2COCCN2)cc1.Cl. The van der Waals surface area contributed by atoms with Crippen molar-refractivity contribution in [3.8, 4) is 0 Å². The predicted molar refractivity (Wildman–Crippen MR) is 88.0 cm³/mol. The van der Waals surface area contributed by atoms with Gasteiger partial charge in [-0.25, -0.2) is 8.42 Å². The van der Waals surface area contributed by atoms with Crippen LogP contribution in [-0.4, -0.2) is 45.9 Å². The largest absolute Gasteiger partial charge is 0.378 e. The van der Waals surface area contributed by atoms with E-state index in [0.29, 0.717) is 31.1 Å². The summed E-state index contributed by atoms with van der Waals surface area (Å²) < 4.78 is 30.5. The van der Waals surface area contributed by atoms with E-state index in [1.165, 1.54) is 0 Å². The molecular formula is C13H20ClN3O4S. The van der Waals surface area contributed by atoms with Crippen LogP contribution in [0.3, 0.4) is 0 Å². The zero-order chi connectivity index (χ0) is 15.3. The molecule has 1 aliphatic heterocycles. The van der Waals surface area contributed by atoms with Crippen LogP contribution in [0.5, 0.6) is 0 Å². The van der Waals surface area contributed by atoms with Crippen LogP contribution in [0, 0.1) is 0 Å². The van der Waals surface area contributed by atoms with Gasteiger partial charge in [0.25, 0.3) is 0 Å². The lowest BCUT2D eigenvalue weighted by atomic mass is 10.2. The summed E-state index contributed by atoms with van der Waals surface area (Å²) in [5.41, 5.74) is 1.07. The zero-order valence-electron chi connectivity index (χ0n) is 12.2. The number of amides is 1. The Hall–Kier alpha value is -1.35. The number of carbonyl (C=O) groups excluding carboxylic acids is 1. The summed E-state index contributed by atoms with van der Waals surface area (Å²) >= 11 is 0. The third kappa shape index (κ3) is 5.45. The van der Waals surface area contributed by atoms with Gasteiger partial charge in [0.2, 0.25) is 15.9 Å². The number of hydrogen-bond donors (Lipinski definition) is 3. The second kappa shape index (κ2) is 8.33. The minimum absolute atomic E-state index is 0. The molecule has 0 bridgehead atoms. The van der Waals surface area contributed by atoms with Crippen molar-refractivity contribution in [3.05, 3.63) is 24.3 Å². The lowest BCUT2D eigenvalue weighted by Crippen LogP contribution is -2.48. The van der Waals surface area contributed by atoms with Crippen molar-refractivity contribution in [2.45, 2.75) is 13.0 Å². The summed E-state index contributed by atoms with van der Waals surface area (Å²) in [7, 11) is -3.29. The van der Waals surface area contributed by atoms with Crippen molar-refractivity contribution in [3.63, 3.8) is 0 Å². The Bertz CT molecular complexity index is 586. The molecule has 1 aromatic rings. The van der Waals surface area contributed by atoms with Gasteiger partial charge in [0.1, 0.15) is 6.04 Å². The first-order chi connectivity index (χ1) is 10.00. The molecule has 0 aromatic heterocycles. The Labute approximate surface area is 136 Å². The van der Waals surface area contributed by atoms with Crippen LogP contribution in [0.4, 0.5) is 11.4 Å². The van der Waals surface area contributed by atoms with Gasteiger partial charge < -0.3 is 15.4 Å². The molecule has 1 aromatic carbocycles. The molecule has 1 amide bonds. The topological polar surface area (TPSA) is 96.5 Å². The molecule has 2 rings (SSSR count). The fourth-order valence-corrected chi connectivity index (χ4v) is 2.48. The number of hydrogen-bond acceptors (Lipinski definition) is 5. The van der Waals surface area contributed by atoms with Crippen LogP contribution in [0.15, 0.2) is 24.3 Å². The summed E-state index contributed by atoms with van der Waals surface area (Å²) in [6, 6.07) is 6.14. The highest BCUT2D eigenvalue weighted by Gasteiger charge is 2.21. The molecule has 1 fully saturated rings. The van der Waals surface area contributed by atoms with E-state index >= 15 is 0 Å². The summed E-state index contributed by atoms with van der Waals surface area (Å²) in [5.74, 6) is -0.157. The first kappa shape index (κ1) is 18.7. The van der Waals surface area contributed by atoms with Crippen LogP contribution < -0.4 is 15.4 Å². The number of ether oxygens (including phenoxy) is 1. The van der Waals surface area contributed by atoms with E-state index < -0.39 is 10.0 Å². The van der Waals surface area contributed by atoms with Gasteiger partial charge in [-0.1, -0.05) is 0 Å². The molecule has 0 saturated carbocycles. The van der Waals surface area contributed by atoms with E-state index in [-0.39, 0.29) is 30.1 Å². The fourth-order valence-electron chi connectivity index (χ4n) is 1.84. The lowest BCUT2D eigenvalue weighted by molar-refractivity contribution is -0.120. The van der Waals surface area contributed by atoms with Gasteiger partial charge >= 0.3 is 0 Å². The van der Waals surface area contributed by atoms with Gasteiger partial charge in [-0.2, -0.15) is 0 Å². The molecule has 9 heteroatoms. The van der Waals surface area contributed by atoms with E-state index in [2.05, 4.69) is 15.4 Å². The molecule has 1 saturated heterocycles. The quantitative estimate of drug-likeness (QED) is 0.730. The number of rotatable bonds is 5. The third-order valence-electron chi connectivity index (χ3n) is 3.04. The normalized spacial score (nSPS) is 18.1. The van der Waals surface area contributed by atoms with Gasteiger partial charge in [0, 0.05) is 17.9 Å². The van der Waals surface area contributed by atoms with Crippen LogP contribution >= 0.6 is 12.4 Å². The Morgan fingerprint density at radius 1 is 1.32 bits per heavy atom. The van der Waals surface area contributed by atoms with Gasteiger partial charge in [-0.15, -0.1) is 12.4 Å². The predicted octanol–water partition coefficient (Wildman–Crippen LogP) is 0.797. The van der Waals surface area contributed by atoms with E-state index in [1.54, 1.807) is 31.2 Å². The summed E-state index contributed by atoms with van der Waals surface area (Å²) in [6.07, 6.45) is 0. The van der Waals surface area contributed by atoms with Gasteiger partial charge in [0.05, 0.1) is 19.0 Å². The van der Waals surface area contributed by atoms with Crippen molar-refractivity contribution < 1.29 is 17.9 Å². The second-order valence-corrected chi connectivity index (χ2v) is 6.66. The smallest absolute Gasteiger partial charge is 0.243 e. The molecule has 22 heavy (non-hydrogen) atoms. The Morgan fingerprint density at radius 2 is 1.95 bits per heavy atom. The van der Waals surface area contributed by atoms with Crippen molar-refractivity contribution in [1.29, 1.82) is 0 Å². The highest BCUT2D eigenvalue weighted by Crippen LogP contribution is 2.15. The minimum atomic E-state index is -3.29. The number of carbonyl (C=O) groups is 1. The molecule has 3 N–H and O–H groups in total. The van der Waals surface area contributed by atoms with Crippen LogP contribution in [0.1, 0.15) is 6.92 Å². The molecule has 1 unspecified atom stereocenters. The maximum atomic E-state index is 12.0. The van der Waals surface area contributed by atoms with E-state index in [4.69, 9.17) is 4.74 Å². The maximum Gasteiger partial charge on any atom is 0.243 e. The summed E-state index contributed by atoms with van der Waals surface area (Å²) in [6.45, 7) is 3.17. The average Bonchev–Trinajstić information content (AvgIpc) is 2.50. The van der Waals surface area contributed by atoms with Crippen LogP contribution in [0.25, 0.3) is 0 Å². The Balaban J connectivity index is 0.00000242. The first-order valence-electron chi connectivity index (χ1n) is 6.73. The molecule has 1 heterocycles. The van der Waals surface area contributed by atoms with Gasteiger partial charge in [-0.05, 0) is 31.2 Å². The second-order valence-electron chi connectivity index (χ2n) is 4.65. The lowest BCUT2D eigenvalue weighted by Gasteiger charge is -2.22. The fraction of sp³-hybridized carbons (Fsp3) is 0.462. The van der Waals surface area contributed by atoms with Crippen molar-refractivity contribution in [1.82, 2.24) is 5.32 Å². The average molecular weight is 350 g/mol. The minimum Gasteiger partial charge on any atom is -0.378 e. The number of morpholine rings is 1. The summed E-state index contributed by atoms with van der Waals surface area (Å²) in [4.78, 5) is 12.0. The first-order valence-corrected chi connectivity index (χ1v) is 8.38. The standard InChI is InChI=1S/C13H19N3O4S.ClH/c1-2-21(18,19)16-11-5-3-10(4-6-11)15-13(17)12-9-20-8-7-14-12;/h3-6,12,14,16H,2,7-9H2,1H3,(H,15,17);1H. The Kier molecular flexibility index (Phi) is 7.08. The van der Waals surface area contributed by atoms with Crippen LogP contribution in [0.2, 0.25) is 0 Å². The van der Waals surface area contributed by atoms with Crippen molar-refractivity contribution in [2.24, 2.45) is 0 Å². The number of sulfonamides is 1. The van der Waals surface area contributed by atoms with Crippen molar-refractivity contribution in [2.75, 3.05) is 35.6 Å². The van der Waals surface area contributed by atoms with Crippen molar-refractivity contribution >= 4 is 39.7 Å². The number of anilines is 2. The molecule has 7 nitrogen and oxygen atoms in total. The zero-order valence-corrected chi connectivity index (χ0v) is 13.8. The molecule has 0 radical (unpaired) electrons. The molecular weight excluding hydrogens is 330 g/mol. The van der Waals surface area contributed by atoms with E-state index in [1.807, 2.05) is 0 Å². The van der Waals surface area contributed by atoms with E-state index in [9.17, 15) is 13.2 Å².